The third kappa shape index (κ3) is 1.86. The molecule has 0 radical (unpaired) electrons. The third-order valence-electron chi connectivity index (χ3n) is 3.52. The van der Waals surface area contributed by atoms with Crippen molar-refractivity contribution in [2.75, 3.05) is 11.9 Å². The van der Waals surface area contributed by atoms with Crippen LogP contribution in [-0.2, 0) is 6.54 Å². The van der Waals surface area contributed by atoms with Crippen molar-refractivity contribution in [2.24, 2.45) is 5.73 Å². The van der Waals surface area contributed by atoms with Crippen LogP contribution in [0.15, 0.2) is 18.2 Å². The summed E-state index contributed by atoms with van der Waals surface area (Å²) in [4.78, 5) is 2.42. The summed E-state index contributed by atoms with van der Waals surface area (Å²) >= 11 is 0. The molecule has 0 spiro atoms. The number of nitrogens with zero attached hydrogens (tertiary/aromatic N) is 1. The predicted octanol–water partition coefficient (Wildman–Crippen LogP) is 2.44. The lowest BCUT2D eigenvalue weighted by atomic mass is 9.90. The molecule has 1 saturated carbocycles. The minimum absolute atomic E-state index is 0.633. The van der Waals surface area contributed by atoms with Crippen molar-refractivity contribution in [3.63, 3.8) is 0 Å². The van der Waals surface area contributed by atoms with Crippen molar-refractivity contribution < 1.29 is 0 Å². The Labute approximate surface area is 92.1 Å². The summed E-state index contributed by atoms with van der Waals surface area (Å²) in [6.07, 6.45) is 4.03. The summed E-state index contributed by atoms with van der Waals surface area (Å²) in [5, 5.41) is 0. The standard InChI is InChI=1S/C13H20N2/c1-10-5-3-6-11(9-14)13(10)15(2)12-7-4-8-12/h3,5-6,12H,4,7-9,14H2,1-2H3. The lowest BCUT2D eigenvalue weighted by Crippen LogP contribution is -2.38. The molecule has 0 atom stereocenters. The molecule has 0 bridgehead atoms. The number of hydrogen-bond acceptors (Lipinski definition) is 2. The van der Waals surface area contributed by atoms with E-state index >= 15 is 0 Å². The molecule has 0 saturated heterocycles. The molecule has 1 aliphatic carbocycles. The van der Waals surface area contributed by atoms with Gasteiger partial charge in [0.1, 0.15) is 0 Å². The van der Waals surface area contributed by atoms with Gasteiger partial charge in [0.05, 0.1) is 0 Å². The van der Waals surface area contributed by atoms with E-state index < -0.39 is 0 Å². The Hall–Kier alpha value is -1.02. The highest BCUT2D eigenvalue weighted by atomic mass is 15.1. The summed E-state index contributed by atoms with van der Waals surface area (Å²) in [6.45, 7) is 2.80. The molecule has 2 nitrogen and oxygen atoms in total. The second-order valence-electron chi connectivity index (χ2n) is 4.48. The van der Waals surface area contributed by atoms with Gasteiger partial charge in [-0.3, -0.25) is 0 Å². The van der Waals surface area contributed by atoms with Crippen molar-refractivity contribution >= 4 is 5.69 Å². The average Bonchev–Trinajstić information content (AvgIpc) is 2.14. The van der Waals surface area contributed by atoms with E-state index in [1.807, 2.05) is 0 Å². The summed E-state index contributed by atoms with van der Waals surface area (Å²) in [5.74, 6) is 0. The molecule has 15 heavy (non-hydrogen) atoms. The second-order valence-corrected chi connectivity index (χ2v) is 4.48. The van der Waals surface area contributed by atoms with Gasteiger partial charge in [-0.05, 0) is 37.3 Å². The maximum Gasteiger partial charge on any atom is 0.0441 e. The van der Waals surface area contributed by atoms with Crippen LogP contribution in [0.25, 0.3) is 0 Å². The number of anilines is 1. The molecule has 0 amide bonds. The fourth-order valence-corrected chi connectivity index (χ4v) is 2.35. The topological polar surface area (TPSA) is 29.3 Å². The smallest absolute Gasteiger partial charge is 0.0441 e. The first-order chi connectivity index (χ1) is 7.24. The fraction of sp³-hybridized carbons (Fsp3) is 0.538. The first kappa shape index (κ1) is 10.5. The molecule has 2 N–H and O–H groups in total. The van der Waals surface area contributed by atoms with E-state index in [0.29, 0.717) is 6.54 Å². The lowest BCUT2D eigenvalue weighted by Gasteiger charge is -2.38. The molecular weight excluding hydrogens is 184 g/mol. The first-order valence-electron chi connectivity index (χ1n) is 5.75. The second kappa shape index (κ2) is 4.23. The van der Waals surface area contributed by atoms with Crippen molar-refractivity contribution in [2.45, 2.75) is 38.8 Å². The Morgan fingerprint density at radius 3 is 2.67 bits per heavy atom. The first-order valence-corrected chi connectivity index (χ1v) is 5.75. The maximum atomic E-state index is 5.79. The van der Waals surface area contributed by atoms with Gasteiger partial charge in [0.25, 0.3) is 0 Å². The predicted molar refractivity (Wildman–Crippen MR) is 65.1 cm³/mol. The molecule has 1 aromatic carbocycles. The van der Waals surface area contributed by atoms with Crippen molar-refractivity contribution in [3.8, 4) is 0 Å². The largest absolute Gasteiger partial charge is 0.371 e. The van der Waals surface area contributed by atoms with Crippen LogP contribution in [0.5, 0.6) is 0 Å². The summed E-state index contributed by atoms with van der Waals surface area (Å²) in [5.41, 5.74) is 9.75. The molecule has 1 aliphatic rings. The van der Waals surface area contributed by atoms with Gasteiger partial charge in [-0.25, -0.2) is 0 Å². The molecule has 0 aliphatic heterocycles. The molecule has 1 aromatic rings. The van der Waals surface area contributed by atoms with E-state index in [1.54, 1.807) is 0 Å². The average molecular weight is 204 g/mol. The maximum absolute atomic E-state index is 5.79. The van der Waals surface area contributed by atoms with Gasteiger partial charge in [-0.2, -0.15) is 0 Å². The van der Waals surface area contributed by atoms with Crippen LogP contribution in [0.1, 0.15) is 30.4 Å². The van der Waals surface area contributed by atoms with Crippen LogP contribution in [0, 0.1) is 6.92 Å². The van der Waals surface area contributed by atoms with E-state index in [-0.39, 0.29) is 0 Å². The van der Waals surface area contributed by atoms with Gasteiger partial charge >= 0.3 is 0 Å². The van der Waals surface area contributed by atoms with Crippen LogP contribution in [0.2, 0.25) is 0 Å². The van der Waals surface area contributed by atoms with E-state index in [0.717, 1.165) is 6.04 Å². The normalized spacial score (nSPS) is 16.2. The highest BCUT2D eigenvalue weighted by Crippen LogP contribution is 2.32. The van der Waals surface area contributed by atoms with Crippen molar-refractivity contribution in [3.05, 3.63) is 29.3 Å². The monoisotopic (exact) mass is 204 g/mol. The number of rotatable bonds is 3. The molecule has 1 fully saturated rings. The summed E-state index contributed by atoms with van der Waals surface area (Å²) < 4.78 is 0. The van der Waals surface area contributed by atoms with Crippen LogP contribution in [0.4, 0.5) is 5.69 Å². The number of hydrogen-bond donors (Lipinski definition) is 1. The number of nitrogens with two attached hydrogens (primary N) is 1. The number of para-hydroxylation sites is 1. The van der Waals surface area contributed by atoms with Gasteiger partial charge in [0, 0.05) is 25.3 Å². The van der Waals surface area contributed by atoms with E-state index in [4.69, 9.17) is 5.73 Å². The molecule has 82 valence electrons. The highest BCUT2D eigenvalue weighted by molar-refractivity contribution is 5.59. The van der Waals surface area contributed by atoms with Crippen molar-refractivity contribution in [1.29, 1.82) is 0 Å². The minimum atomic E-state index is 0.633. The Balaban J connectivity index is 2.31. The zero-order chi connectivity index (χ0) is 10.8. The van der Waals surface area contributed by atoms with Crippen LogP contribution < -0.4 is 10.6 Å². The fourth-order valence-electron chi connectivity index (χ4n) is 2.35. The van der Waals surface area contributed by atoms with Gasteiger partial charge in [-0.1, -0.05) is 18.2 Å². The van der Waals surface area contributed by atoms with Gasteiger partial charge < -0.3 is 10.6 Å². The van der Waals surface area contributed by atoms with Crippen LogP contribution >= 0.6 is 0 Å². The third-order valence-corrected chi connectivity index (χ3v) is 3.52. The summed E-state index contributed by atoms with van der Waals surface area (Å²) in [6, 6.07) is 7.13. The Morgan fingerprint density at radius 1 is 1.40 bits per heavy atom. The SMILES string of the molecule is Cc1cccc(CN)c1N(C)C1CCC1. The Kier molecular flexibility index (Phi) is 2.96. The van der Waals surface area contributed by atoms with Crippen molar-refractivity contribution in [1.82, 2.24) is 0 Å². The number of aryl methyl sites for hydroxylation is 1. The Bertz CT molecular complexity index is 342. The van der Waals surface area contributed by atoms with Gasteiger partial charge in [0.2, 0.25) is 0 Å². The Morgan fingerprint density at radius 2 is 2.13 bits per heavy atom. The van der Waals surface area contributed by atoms with E-state index in [1.165, 1.54) is 36.1 Å². The molecule has 0 heterocycles. The zero-order valence-electron chi connectivity index (χ0n) is 9.66. The lowest BCUT2D eigenvalue weighted by molar-refractivity contribution is 0.400. The van der Waals surface area contributed by atoms with Crippen LogP contribution in [0.3, 0.4) is 0 Å². The van der Waals surface area contributed by atoms with E-state index in [2.05, 4.69) is 37.1 Å². The quantitative estimate of drug-likeness (QED) is 0.819. The summed E-state index contributed by atoms with van der Waals surface area (Å²) in [7, 11) is 2.20. The van der Waals surface area contributed by atoms with E-state index in [9.17, 15) is 0 Å². The molecule has 0 aromatic heterocycles. The zero-order valence-corrected chi connectivity index (χ0v) is 9.66. The molecule has 0 unspecified atom stereocenters. The molecule has 2 heteroatoms. The minimum Gasteiger partial charge on any atom is -0.371 e. The molecular formula is C13H20N2. The van der Waals surface area contributed by atoms with Gasteiger partial charge in [0.15, 0.2) is 0 Å². The number of benzene rings is 1. The molecule has 2 rings (SSSR count). The highest BCUT2D eigenvalue weighted by Gasteiger charge is 2.24. The van der Waals surface area contributed by atoms with Gasteiger partial charge in [-0.15, -0.1) is 0 Å². The van der Waals surface area contributed by atoms with Crippen LogP contribution in [-0.4, -0.2) is 13.1 Å².